The predicted molar refractivity (Wildman–Crippen MR) is 60.5 cm³/mol. The van der Waals surface area contributed by atoms with E-state index in [0.29, 0.717) is 11.6 Å². The molecule has 5 nitrogen and oxygen atoms in total. The Morgan fingerprint density at radius 3 is 2.81 bits per heavy atom. The molecule has 0 radical (unpaired) electrons. The molecule has 0 saturated heterocycles. The number of aliphatic imine (C=N–C) groups is 1. The molecule has 16 heavy (non-hydrogen) atoms. The van der Waals surface area contributed by atoms with Crippen LogP contribution in [0, 0.1) is 0 Å². The molecule has 1 aromatic carbocycles. The summed E-state index contributed by atoms with van der Waals surface area (Å²) in [6.45, 7) is 0. The van der Waals surface area contributed by atoms with E-state index < -0.39 is 0 Å². The van der Waals surface area contributed by atoms with Gasteiger partial charge in [-0.1, -0.05) is 30.3 Å². The van der Waals surface area contributed by atoms with Crippen LogP contribution in [0.5, 0.6) is 0 Å². The lowest BCUT2D eigenvalue weighted by Gasteiger charge is -2.05. The molecule has 0 bridgehead atoms. The van der Waals surface area contributed by atoms with Gasteiger partial charge in [-0.05, 0) is 22.0 Å². The zero-order chi connectivity index (χ0) is 10.8. The van der Waals surface area contributed by atoms with Gasteiger partial charge in [-0.25, -0.2) is 9.62 Å². The average molecular weight is 212 g/mol. The third-order valence-electron chi connectivity index (χ3n) is 2.25. The molecule has 3 rings (SSSR count). The summed E-state index contributed by atoms with van der Waals surface area (Å²) in [5, 5.41) is 10.5. The SMILES string of the molecule is C1=Nc2nonc2NC(c2ccccc2)=C1. The van der Waals surface area contributed by atoms with Crippen LogP contribution >= 0.6 is 0 Å². The summed E-state index contributed by atoms with van der Waals surface area (Å²) in [6.07, 6.45) is 3.55. The number of nitrogens with zero attached hydrogens (tertiary/aromatic N) is 3. The van der Waals surface area contributed by atoms with Gasteiger partial charge in [-0.2, -0.15) is 0 Å². The van der Waals surface area contributed by atoms with Crippen molar-refractivity contribution < 1.29 is 4.63 Å². The average Bonchev–Trinajstić information content (AvgIpc) is 2.68. The number of fused-ring (bicyclic) bond motifs is 1. The second kappa shape index (κ2) is 3.62. The van der Waals surface area contributed by atoms with Gasteiger partial charge in [0.25, 0.3) is 0 Å². The molecule has 0 unspecified atom stereocenters. The highest BCUT2D eigenvalue weighted by Crippen LogP contribution is 2.26. The van der Waals surface area contributed by atoms with Gasteiger partial charge in [-0.15, -0.1) is 0 Å². The fourth-order valence-electron chi connectivity index (χ4n) is 1.49. The first-order chi connectivity index (χ1) is 7.93. The van der Waals surface area contributed by atoms with Crippen molar-refractivity contribution in [3.8, 4) is 0 Å². The van der Waals surface area contributed by atoms with Gasteiger partial charge < -0.3 is 5.32 Å². The Hall–Kier alpha value is -2.43. The Morgan fingerprint density at radius 2 is 1.94 bits per heavy atom. The van der Waals surface area contributed by atoms with Gasteiger partial charge >= 0.3 is 0 Å². The number of hydrogen-bond acceptors (Lipinski definition) is 5. The van der Waals surface area contributed by atoms with Gasteiger partial charge in [0, 0.05) is 11.9 Å². The first kappa shape index (κ1) is 8.84. The minimum atomic E-state index is 0.460. The van der Waals surface area contributed by atoms with Gasteiger partial charge in [0.05, 0.1) is 0 Å². The Balaban J connectivity index is 2.01. The Kier molecular flexibility index (Phi) is 2.00. The van der Waals surface area contributed by atoms with E-state index >= 15 is 0 Å². The largest absolute Gasteiger partial charge is 0.334 e. The molecular formula is C11H8N4O. The van der Waals surface area contributed by atoms with Crippen molar-refractivity contribution in [3.05, 3.63) is 42.0 Å². The van der Waals surface area contributed by atoms with E-state index in [9.17, 15) is 0 Å². The molecule has 78 valence electrons. The van der Waals surface area contributed by atoms with Crippen LogP contribution in [0.3, 0.4) is 0 Å². The van der Waals surface area contributed by atoms with Crippen molar-refractivity contribution in [3.63, 3.8) is 0 Å². The van der Waals surface area contributed by atoms with Crippen LogP contribution in [0.15, 0.2) is 46.0 Å². The molecule has 2 heterocycles. The fraction of sp³-hybridized carbons (Fsp3) is 0. The third kappa shape index (κ3) is 1.48. The van der Waals surface area contributed by atoms with Gasteiger partial charge in [0.2, 0.25) is 11.6 Å². The first-order valence-corrected chi connectivity index (χ1v) is 4.83. The van der Waals surface area contributed by atoms with E-state index in [1.165, 1.54) is 0 Å². The topological polar surface area (TPSA) is 63.3 Å². The molecule has 0 atom stereocenters. The summed E-state index contributed by atoms with van der Waals surface area (Å²) in [5.74, 6) is 0.992. The zero-order valence-electron chi connectivity index (χ0n) is 8.29. The Morgan fingerprint density at radius 1 is 1.06 bits per heavy atom. The number of nitrogens with one attached hydrogen (secondary N) is 1. The van der Waals surface area contributed by atoms with Gasteiger partial charge in [0.1, 0.15) is 0 Å². The highest BCUT2D eigenvalue weighted by atomic mass is 16.6. The van der Waals surface area contributed by atoms with E-state index in [4.69, 9.17) is 0 Å². The number of hydrogen-bond donors (Lipinski definition) is 1. The highest BCUT2D eigenvalue weighted by Gasteiger charge is 2.12. The summed E-state index contributed by atoms with van der Waals surface area (Å²) < 4.78 is 4.60. The van der Waals surface area contributed by atoms with Crippen LogP contribution in [0.25, 0.3) is 5.70 Å². The normalized spacial score (nSPS) is 13.6. The second-order valence-corrected chi connectivity index (χ2v) is 3.29. The third-order valence-corrected chi connectivity index (χ3v) is 2.25. The number of allylic oxidation sites excluding steroid dienone is 1. The van der Waals surface area contributed by atoms with Crippen LogP contribution in [-0.2, 0) is 0 Å². The molecular weight excluding hydrogens is 204 g/mol. The number of anilines is 1. The smallest absolute Gasteiger partial charge is 0.241 e. The first-order valence-electron chi connectivity index (χ1n) is 4.83. The number of aromatic nitrogens is 2. The van der Waals surface area contributed by atoms with Crippen molar-refractivity contribution in [2.75, 3.05) is 5.32 Å². The summed E-state index contributed by atoms with van der Waals surface area (Å²) >= 11 is 0. The molecule has 2 aromatic rings. The molecule has 1 N–H and O–H groups in total. The maximum atomic E-state index is 4.60. The molecule has 0 fully saturated rings. The fourth-order valence-corrected chi connectivity index (χ4v) is 1.49. The zero-order valence-corrected chi connectivity index (χ0v) is 8.29. The Labute approximate surface area is 91.5 Å². The monoisotopic (exact) mass is 212 g/mol. The van der Waals surface area contributed by atoms with Crippen LogP contribution in [0.1, 0.15) is 5.56 Å². The van der Waals surface area contributed by atoms with Crippen molar-refractivity contribution in [1.29, 1.82) is 0 Å². The highest BCUT2D eigenvalue weighted by molar-refractivity contribution is 5.93. The minimum Gasteiger partial charge on any atom is -0.334 e. The molecule has 0 aliphatic carbocycles. The summed E-state index contributed by atoms with van der Waals surface area (Å²) in [7, 11) is 0. The number of benzene rings is 1. The molecule has 1 aromatic heterocycles. The van der Waals surface area contributed by atoms with Gasteiger partial charge in [0.15, 0.2) is 0 Å². The maximum Gasteiger partial charge on any atom is 0.241 e. The predicted octanol–water partition coefficient (Wildman–Crippen LogP) is 2.24. The van der Waals surface area contributed by atoms with E-state index in [2.05, 4.69) is 25.3 Å². The van der Waals surface area contributed by atoms with E-state index in [0.717, 1.165) is 11.3 Å². The molecule has 1 aliphatic heterocycles. The number of rotatable bonds is 1. The lowest BCUT2D eigenvalue weighted by Crippen LogP contribution is -1.98. The maximum absolute atomic E-state index is 4.60. The lowest BCUT2D eigenvalue weighted by molar-refractivity contribution is 0.310. The standard InChI is InChI=1S/C11H8N4O/c1-2-4-8(5-3-1)9-6-7-12-10-11(13-9)15-16-14-10/h1-7H,(H,13,15). The molecule has 0 amide bonds. The van der Waals surface area contributed by atoms with Crippen molar-refractivity contribution >= 4 is 23.5 Å². The van der Waals surface area contributed by atoms with Crippen molar-refractivity contribution in [2.45, 2.75) is 0 Å². The van der Waals surface area contributed by atoms with Gasteiger partial charge in [-0.3, -0.25) is 0 Å². The summed E-state index contributed by atoms with van der Waals surface area (Å²) in [6, 6.07) is 9.93. The molecule has 5 heteroatoms. The quantitative estimate of drug-likeness (QED) is 0.787. The van der Waals surface area contributed by atoms with Crippen molar-refractivity contribution in [2.24, 2.45) is 4.99 Å². The minimum absolute atomic E-state index is 0.460. The molecule has 0 saturated carbocycles. The summed E-state index contributed by atoms with van der Waals surface area (Å²) in [5.41, 5.74) is 1.98. The Bertz CT molecular complexity index is 556. The van der Waals surface area contributed by atoms with E-state index in [1.807, 2.05) is 36.4 Å². The molecule has 1 aliphatic rings. The molecule has 0 spiro atoms. The van der Waals surface area contributed by atoms with Crippen LogP contribution < -0.4 is 5.32 Å². The van der Waals surface area contributed by atoms with Crippen molar-refractivity contribution in [1.82, 2.24) is 10.3 Å². The second-order valence-electron chi connectivity index (χ2n) is 3.29. The van der Waals surface area contributed by atoms with E-state index in [1.54, 1.807) is 6.21 Å². The van der Waals surface area contributed by atoms with Crippen LogP contribution in [0.4, 0.5) is 11.6 Å². The lowest BCUT2D eigenvalue weighted by atomic mass is 10.1. The van der Waals surface area contributed by atoms with E-state index in [-0.39, 0.29) is 0 Å². The summed E-state index contributed by atoms with van der Waals surface area (Å²) in [4.78, 5) is 4.09. The van der Waals surface area contributed by atoms with Crippen LogP contribution in [-0.4, -0.2) is 16.5 Å². The van der Waals surface area contributed by atoms with Crippen LogP contribution in [0.2, 0.25) is 0 Å².